The molecular formula is C21H16NS2+. The van der Waals surface area contributed by atoms with E-state index in [1.807, 2.05) is 22.7 Å². The minimum atomic E-state index is 1.32. The molecule has 0 aliphatic carbocycles. The van der Waals surface area contributed by atoms with Gasteiger partial charge in [0, 0.05) is 21.5 Å². The van der Waals surface area contributed by atoms with Crippen LogP contribution in [0.2, 0.25) is 0 Å². The van der Waals surface area contributed by atoms with Crippen LogP contribution in [0.1, 0.15) is 5.56 Å². The van der Waals surface area contributed by atoms with Gasteiger partial charge in [0.2, 0.25) is 5.52 Å². The van der Waals surface area contributed by atoms with Crippen LogP contribution in [-0.4, -0.2) is 0 Å². The predicted octanol–water partition coefficient (Wildman–Crippen LogP) is 6.07. The van der Waals surface area contributed by atoms with Crippen LogP contribution in [0.3, 0.4) is 0 Å². The van der Waals surface area contributed by atoms with Gasteiger partial charge in [-0.2, -0.15) is 4.57 Å². The fraction of sp³-hybridized carbons (Fsp3) is 0.0952. The summed E-state index contributed by atoms with van der Waals surface area (Å²) in [4.78, 5) is 0. The van der Waals surface area contributed by atoms with Gasteiger partial charge in [0.05, 0.1) is 10.3 Å². The number of nitrogens with zero attached hydrogens (tertiary/aromatic N) is 1. The van der Waals surface area contributed by atoms with Gasteiger partial charge < -0.3 is 0 Å². The summed E-state index contributed by atoms with van der Waals surface area (Å²) in [6, 6.07) is 21.9. The van der Waals surface area contributed by atoms with Crippen LogP contribution in [-0.2, 0) is 7.05 Å². The Hall–Kier alpha value is -2.23. The van der Waals surface area contributed by atoms with Gasteiger partial charge >= 0.3 is 0 Å². The van der Waals surface area contributed by atoms with E-state index in [1.54, 1.807) is 0 Å². The monoisotopic (exact) mass is 346 g/mol. The topological polar surface area (TPSA) is 3.88 Å². The third-order valence-electron chi connectivity index (χ3n) is 4.72. The quantitative estimate of drug-likeness (QED) is 0.324. The van der Waals surface area contributed by atoms with Gasteiger partial charge in [0.15, 0.2) is 0 Å². The molecule has 0 aliphatic heterocycles. The molecule has 2 heterocycles. The molecule has 0 saturated heterocycles. The molecule has 0 bridgehead atoms. The van der Waals surface area contributed by atoms with Crippen LogP contribution in [0, 0.1) is 6.92 Å². The lowest BCUT2D eigenvalue weighted by atomic mass is 10.1. The number of thiophene rings is 1. The first-order valence-corrected chi connectivity index (χ1v) is 9.66. The van der Waals surface area contributed by atoms with Crippen molar-refractivity contribution in [2.75, 3.05) is 0 Å². The van der Waals surface area contributed by atoms with E-state index in [0.29, 0.717) is 0 Å². The zero-order valence-corrected chi connectivity index (χ0v) is 15.2. The van der Waals surface area contributed by atoms with Crippen LogP contribution in [0.4, 0.5) is 0 Å². The average molecular weight is 347 g/mol. The summed E-state index contributed by atoms with van der Waals surface area (Å²) in [6.07, 6.45) is 0. The van der Waals surface area contributed by atoms with Gasteiger partial charge in [-0.15, -0.1) is 11.3 Å². The Labute approximate surface area is 148 Å². The first-order valence-electron chi connectivity index (χ1n) is 8.03. The van der Waals surface area contributed by atoms with Crippen LogP contribution in [0.15, 0.2) is 60.7 Å². The van der Waals surface area contributed by atoms with Crippen LogP contribution in [0.25, 0.3) is 41.0 Å². The Morgan fingerprint density at radius 1 is 0.750 bits per heavy atom. The molecule has 3 aromatic carbocycles. The Balaban J connectivity index is 1.91. The second-order valence-corrected chi connectivity index (χ2v) is 8.22. The van der Waals surface area contributed by atoms with Gasteiger partial charge in [-0.25, -0.2) is 0 Å². The lowest BCUT2D eigenvalue weighted by molar-refractivity contribution is -0.629. The predicted molar refractivity (Wildman–Crippen MR) is 106 cm³/mol. The minimum absolute atomic E-state index is 1.32. The summed E-state index contributed by atoms with van der Waals surface area (Å²) in [5, 5.41) is 4.07. The van der Waals surface area contributed by atoms with Gasteiger partial charge in [-0.1, -0.05) is 47.7 Å². The maximum Gasteiger partial charge on any atom is 0.270 e. The van der Waals surface area contributed by atoms with Gasteiger partial charge in [0.1, 0.15) is 11.7 Å². The second-order valence-electron chi connectivity index (χ2n) is 6.17. The third-order valence-corrected chi connectivity index (χ3v) is 7.36. The molecule has 0 N–H and O–H groups in total. The van der Waals surface area contributed by atoms with E-state index >= 15 is 0 Å². The maximum atomic E-state index is 2.34. The van der Waals surface area contributed by atoms with E-state index in [0.717, 1.165) is 0 Å². The molecule has 5 aromatic rings. The average Bonchev–Trinajstić information content (AvgIpc) is 3.14. The molecule has 1 nitrogen and oxygen atoms in total. The molecule has 0 aliphatic rings. The third kappa shape index (κ3) is 1.89. The van der Waals surface area contributed by atoms with Crippen molar-refractivity contribution in [3.63, 3.8) is 0 Å². The standard InChI is InChI=1S/C21H16NS2/c1-13-7-3-4-8-14(13)21-22(2)17-12-11-16-15-9-5-6-10-18(15)23-19(16)20(17)24-21/h3-12H,1-2H3/q+1. The lowest BCUT2D eigenvalue weighted by Gasteiger charge is -1.98. The van der Waals surface area contributed by atoms with E-state index in [4.69, 9.17) is 0 Å². The van der Waals surface area contributed by atoms with E-state index in [-0.39, 0.29) is 0 Å². The molecule has 2 aromatic heterocycles. The molecule has 0 amide bonds. The molecule has 0 spiro atoms. The molecule has 0 atom stereocenters. The zero-order valence-electron chi connectivity index (χ0n) is 13.5. The van der Waals surface area contributed by atoms with Crippen LogP contribution < -0.4 is 4.57 Å². The highest BCUT2D eigenvalue weighted by Gasteiger charge is 2.22. The van der Waals surface area contributed by atoms with Gasteiger partial charge in [0.25, 0.3) is 5.01 Å². The molecule has 0 fully saturated rings. The first kappa shape index (κ1) is 14.1. The number of aromatic nitrogens is 1. The van der Waals surface area contributed by atoms with Crippen molar-refractivity contribution < 1.29 is 4.57 Å². The van der Waals surface area contributed by atoms with Crippen LogP contribution >= 0.6 is 22.7 Å². The normalized spacial score (nSPS) is 11.8. The largest absolute Gasteiger partial charge is 0.270 e. The first-order chi connectivity index (χ1) is 11.7. The minimum Gasteiger partial charge on any atom is -0.184 e. The maximum absolute atomic E-state index is 2.34. The van der Waals surface area contributed by atoms with Crippen molar-refractivity contribution in [3.8, 4) is 10.6 Å². The lowest BCUT2D eigenvalue weighted by Crippen LogP contribution is -2.28. The summed E-state index contributed by atoms with van der Waals surface area (Å²) in [7, 11) is 2.18. The number of benzene rings is 3. The van der Waals surface area contributed by atoms with Crippen molar-refractivity contribution in [2.45, 2.75) is 6.92 Å². The Morgan fingerprint density at radius 3 is 2.42 bits per heavy atom. The summed E-state index contributed by atoms with van der Waals surface area (Å²) < 4.78 is 6.52. The molecule has 0 saturated carbocycles. The van der Waals surface area contributed by atoms with Crippen molar-refractivity contribution in [1.29, 1.82) is 0 Å². The van der Waals surface area contributed by atoms with E-state index in [1.165, 1.54) is 46.5 Å². The molecule has 24 heavy (non-hydrogen) atoms. The van der Waals surface area contributed by atoms with E-state index < -0.39 is 0 Å². The Bertz CT molecular complexity index is 1230. The van der Waals surface area contributed by atoms with Crippen LogP contribution in [0.5, 0.6) is 0 Å². The van der Waals surface area contributed by atoms with Crippen molar-refractivity contribution in [3.05, 3.63) is 66.2 Å². The number of thiazole rings is 1. The summed E-state index contributed by atoms with van der Waals surface area (Å²) in [5.41, 5.74) is 3.97. The molecule has 5 rings (SSSR count). The molecule has 0 radical (unpaired) electrons. The summed E-state index contributed by atoms with van der Waals surface area (Å²) in [6.45, 7) is 2.19. The fourth-order valence-electron chi connectivity index (χ4n) is 3.44. The molecular weight excluding hydrogens is 330 g/mol. The number of hydrogen-bond donors (Lipinski definition) is 0. The van der Waals surface area contributed by atoms with Crippen molar-refractivity contribution in [2.24, 2.45) is 7.05 Å². The smallest absolute Gasteiger partial charge is 0.184 e. The summed E-state index contributed by atoms with van der Waals surface area (Å²) in [5.74, 6) is 0. The van der Waals surface area contributed by atoms with Gasteiger partial charge in [-0.3, -0.25) is 0 Å². The molecule has 3 heteroatoms. The van der Waals surface area contributed by atoms with E-state index in [9.17, 15) is 0 Å². The van der Waals surface area contributed by atoms with Gasteiger partial charge in [-0.05, 0) is 30.7 Å². The summed E-state index contributed by atoms with van der Waals surface area (Å²) >= 11 is 3.82. The number of rotatable bonds is 1. The molecule has 0 unspecified atom stereocenters. The SMILES string of the molecule is Cc1ccccc1-c1sc2c3sc4ccccc4c3ccc2[n+]1C. The fourth-order valence-corrected chi connectivity index (χ4v) is 6.11. The number of aryl methyl sites for hydroxylation is 2. The Kier molecular flexibility index (Phi) is 3.02. The highest BCUT2D eigenvalue weighted by Crippen LogP contribution is 2.41. The van der Waals surface area contributed by atoms with Crippen molar-refractivity contribution >= 4 is 53.1 Å². The molecule has 116 valence electrons. The zero-order chi connectivity index (χ0) is 16.3. The Morgan fingerprint density at radius 2 is 1.54 bits per heavy atom. The van der Waals surface area contributed by atoms with Crippen molar-refractivity contribution in [1.82, 2.24) is 0 Å². The highest BCUT2D eigenvalue weighted by molar-refractivity contribution is 7.31. The van der Waals surface area contributed by atoms with E-state index in [2.05, 4.69) is 79.2 Å². The number of hydrogen-bond acceptors (Lipinski definition) is 2. The number of fused-ring (bicyclic) bond motifs is 5. The highest BCUT2D eigenvalue weighted by atomic mass is 32.1. The second kappa shape index (κ2) is 5.13.